The molecule has 1 aromatic heterocycles. The van der Waals surface area contributed by atoms with E-state index in [1.165, 1.54) is 43.3 Å². The average molecular weight is 390 g/mol. The largest absolute Gasteiger partial charge is 0.454 e. The lowest BCUT2D eigenvalue weighted by Gasteiger charge is -2.14. The van der Waals surface area contributed by atoms with Crippen LogP contribution in [0.1, 0.15) is 16.8 Å². The number of rotatable bonds is 7. The fraction of sp³-hybridized carbons (Fsp3) is 0.294. The van der Waals surface area contributed by atoms with E-state index in [0.717, 1.165) is 0 Å². The Kier molecular flexibility index (Phi) is 6.54. The fourth-order valence-electron chi connectivity index (χ4n) is 1.98. The van der Waals surface area contributed by atoms with E-state index in [2.05, 4.69) is 9.72 Å². The van der Waals surface area contributed by atoms with Gasteiger partial charge in [-0.05, 0) is 18.2 Å². The van der Waals surface area contributed by atoms with E-state index in [0.29, 0.717) is 0 Å². The highest BCUT2D eigenvalue weighted by Crippen LogP contribution is 2.33. The van der Waals surface area contributed by atoms with Gasteiger partial charge in [-0.15, -0.1) is 0 Å². The molecule has 1 amide bonds. The maximum Gasteiger partial charge on any atom is 0.262 e. The second-order valence-electron chi connectivity index (χ2n) is 5.50. The van der Waals surface area contributed by atoms with E-state index < -0.39 is 48.7 Å². The van der Waals surface area contributed by atoms with Gasteiger partial charge in [-0.3, -0.25) is 9.18 Å². The van der Waals surface area contributed by atoms with Gasteiger partial charge in [-0.2, -0.15) is 18.2 Å². The topological polar surface area (TPSA) is 51.7 Å². The number of amides is 1. The van der Waals surface area contributed by atoms with Gasteiger partial charge in [0.25, 0.3) is 17.7 Å². The number of alkyl halides is 2. The molecule has 27 heavy (non-hydrogen) atoms. The lowest BCUT2D eigenvalue weighted by Crippen LogP contribution is -2.21. The summed E-state index contributed by atoms with van der Waals surface area (Å²) in [5, 5.41) is 0. The molecule has 0 saturated carbocycles. The Hall–Kier alpha value is -2.91. The molecule has 0 saturated heterocycles. The summed E-state index contributed by atoms with van der Waals surface area (Å²) in [7, 11) is 3.03. The second kappa shape index (κ2) is 8.65. The Bertz CT molecular complexity index is 832. The molecular weight excluding hydrogens is 375 g/mol. The fourth-order valence-corrected chi connectivity index (χ4v) is 1.98. The number of carbonyl (C=O) groups is 1. The van der Waals surface area contributed by atoms with Gasteiger partial charge in [0.2, 0.25) is 23.7 Å². The Balaban J connectivity index is 2.35. The number of hydrogen-bond donors (Lipinski definition) is 0. The molecule has 146 valence electrons. The van der Waals surface area contributed by atoms with Crippen LogP contribution in [0.4, 0.5) is 22.0 Å². The van der Waals surface area contributed by atoms with Crippen LogP contribution >= 0.6 is 0 Å². The van der Waals surface area contributed by atoms with E-state index in [1.807, 2.05) is 0 Å². The zero-order chi connectivity index (χ0) is 20.1. The number of hydrogen-bond acceptors (Lipinski definition) is 4. The first-order chi connectivity index (χ1) is 12.7. The maximum absolute atomic E-state index is 14.3. The molecule has 1 atom stereocenters. The van der Waals surface area contributed by atoms with Crippen LogP contribution in [0, 0.1) is 17.6 Å². The molecule has 1 aromatic carbocycles. The normalized spacial score (nSPS) is 11.8. The van der Waals surface area contributed by atoms with Crippen molar-refractivity contribution in [1.82, 2.24) is 9.88 Å². The van der Waals surface area contributed by atoms with Crippen LogP contribution in [0.2, 0.25) is 0 Å². The lowest BCUT2D eigenvalue weighted by atomic mass is 10.2. The van der Waals surface area contributed by atoms with Gasteiger partial charge >= 0.3 is 0 Å². The second-order valence-corrected chi connectivity index (χ2v) is 5.50. The first-order valence-corrected chi connectivity index (χ1v) is 7.65. The van der Waals surface area contributed by atoms with Crippen molar-refractivity contribution in [2.24, 2.45) is 0 Å². The van der Waals surface area contributed by atoms with Crippen LogP contribution < -0.4 is 9.47 Å². The van der Waals surface area contributed by atoms with Crippen LogP contribution in [-0.4, -0.2) is 42.9 Å². The molecule has 2 aromatic rings. The number of benzene rings is 1. The summed E-state index contributed by atoms with van der Waals surface area (Å²) < 4.78 is 76.4. The molecule has 0 bridgehead atoms. The summed E-state index contributed by atoms with van der Waals surface area (Å²) >= 11 is 0. The van der Waals surface area contributed by atoms with Gasteiger partial charge < -0.3 is 14.4 Å². The summed E-state index contributed by atoms with van der Waals surface area (Å²) in [5.41, 5.74) is 0.184. The lowest BCUT2D eigenvalue weighted by molar-refractivity contribution is 0.0438. The third-order valence-corrected chi connectivity index (χ3v) is 3.25. The number of carbonyl (C=O) groups excluding carboxylic acids is 1. The first-order valence-electron chi connectivity index (χ1n) is 7.65. The van der Waals surface area contributed by atoms with E-state index in [9.17, 15) is 26.7 Å². The van der Waals surface area contributed by atoms with Crippen molar-refractivity contribution in [2.45, 2.75) is 12.8 Å². The highest BCUT2D eigenvalue weighted by molar-refractivity contribution is 5.94. The minimum Gasteiger partial charge on any atom is -0.454 e. The van der Waals surface area contributed by atoms with Crippen LogP contribution in [0.3, 0.4) is 0 Å². The zero-order valence-electron chi connectivity index (χ0n) is 14.3. The summed E-state index contributed by atoms with van der Waals surface area (Å²) in [6.45, 7) is -1.14. The number of ether oxygens (including phenoxy) is 2. The van der Waals surface area contributed by atoms with E-state index in [-0.39, 0.29) is 17.2 Å². The number of pyridine rings is 1. The highest BCUT2D eigenvalue weighted by Gasteiger charge is 2.26. The van der Waals surface area contributed by atoms with Crippen molar-refractivity contribution in [2.75, 3.05) is 20.8 Å². The molecule has 0 N–H and O–H groups in total. The first kappa shape index (κ1) is 20.4. The molecule has 0 fully saturated rings. The van der Waals surface area contributed by atoms with Gasteiger partial charge in [0.05, 0.1) is 6.67 Å². The van der Waals surface area contributed by atoms with E-state index in [4.69, 9.17) is 4.74 Å². The van der Waals surface area contributed by atoms with Gasteiger partial charge in [0, 0.05) is 26.1 Å². The van der Waals surface area contributed by atoms with Crippen molar-refractivity contribution < 1.29 is 36.2 Å². The summed E-state index contributed by atoms with van der Waals surface area (Å²) in [6, 6.07) is 5.42. The molecule has 5 nitrogen and oxygen atoms in total. The van der Waals surface area contributed by atoms with Crippen molar-refractivity contribution in [3.63, 3.8) is 0 Å². The third kappa shape index (κ3) is 4.83. The van der Waals surface area contributed by atoms with Crippen molar-refractivity contribution in [3.8, 4) is 17.4 Å². The molecule has 0 aliphatic carbocycles. The maximum atomic E-state index is 14.3. The SMILES string of the molecule is CN(C)C(=O)c1cccc(Oc2nc(F)c(F)c(OC(F)CCF)c2F)c1. The Morgan fingerprint density at radius 1 is 1.22 bits per heavy atom. The quantitative estimate of drug-likeness (QED) is 0.529. The zero-order valence-corrected chi connectivity index (χ0v) is 14.3. The molecule has 0 radical (unpaired) electrons. The van der Waals surface area contributed by atoms with Gasteiger partial charge in [-0.25, -0.2) is 4.39 Å². The monoisotopic (exact) mass is 390 g/mol. The Morgan fingerprint density at radius 3 is 2.56 bits per heavy atom. The number of halogens is 5. The minimum atomic E-state index is -2.39. The third-order valence-electron chi connectivity index (χ3n) is 3.25. The van der Waals surface area contributed by atoms with Gasteiger partial charge in [-0.1, -0.05) is 6.07 Å². The molecule has 10 heteroatoms. The minimum absolute atomic E-state index is 0.105. The molecule has 2 rings (SSSR count). The standard InChI is InChI=1S/C17H15F5N2O3/c1-24(2)17(25)9-4-3-5-10(8-9)26-16-13(21)14(12(20)15(22)23-16)27-11(19)6-7-18/h3-5,8,11H,6-7H2,1-2H3. The molecule has 1 unspecified atom stereocenters. The molecule has 0 aliphatic rings. The Morgan fingerprint density at radius 2 is 1.93 bits per heavy atom. The predicted molar refractivity (Wildman–Crippen MR) is 84.8 cm³/mol. The number of aromatic nitrogens is 1. The summed E-state index contributed by atoms with van der Waals surface area (Å²) in [6.07, 6.45) is -3.19. The molecule has 0 aliphatic heterocycles. The average Bonchev–Trinajstić information content (AvgIpc) is 2.63. The van der Waals surface area contributed by atoms with Crippen molar-refractivity contribution in [1.29, 1.82) is 0 Å². The molecular formula is C17H15F5N2O3. The van der Waals surface area contributed by atoms with Crippen molar-refractivity contribution >= 4 is 5.91 Å². The van der Waals surface area contributed by atoms with Crippen LogP contribution in [0.5, 0.6) is 17.4 Å². The van der Waals surface area contributed by atoms with Crippen LogP contribution in [-0.2, 0) is 0 Å². The molecule has 1 heterocycles. The Labute approximate surface area is 151 Å². The van der Waals surface area contributed by atoms with E-state index >= 15 is 0 Å². The summed E-state index contributed by atoms with van der Waals surface area (Å²) in [4.78, 5) is 16.2. The number of nitrogens with zero attached hydrogens (tertiary/aromatic N) is 2. The van der Waals surface area contributed by atoms with E-state index in [1.54, 1.807) is 0 Å². The molecule has 0 spiro atoms. The van der Waals surface area contributed by atoms with Crippen LogP contribution in [0.25, 0.3) is 0 Å². The van der Waals surface area contributed by atoms with Crippen LogP contribution in [0.15, 0.2) is 24.3 Å². The summed E-state index contributed by atoms with van der Waals surface area (Å²) in [5.74, 6) is -8.22. The highest BCUT2D eigenvalue weighted by atomic mass is 19.2. The smallest absolute Gasteiger partial charge is 0.262 e. The predicted octanol–water partition coefficient (Wildman–Crippen LogP) is 4.03. The van der Waals surface area contributed by atoms with Crippen molar-refractivity contribution in [3.05, 3.63) is 47.4 Å². The van der Waals surface area contributed by atoms with Gasteiger partial charge in [0.1, 0.15) is 5.75 Å². The van der Waals surface area contributed by atoms with Gasteiger partial charge in [0.15, 0.2) is 0 Å².